The Bertz CT molecular complexity index is 509. The summed E-state index contributed by atoms with van der Waals surface area (Å²) in [5.41, 5.74) is 1.14. The molecule has 1 fully saturated rings. The van der Waals surface area contributed by atoms with Gasteiger partial charge in [-0.3, -0.25) is 9.69 Å². The van der Waals surface area contributed by atoms with E-state index in [4.69, 9.17) is 4.74 Å². The Morgan fingerprint density at radius 3 is 2.35 bits per heavy atom. The topological polar surface area (TPSA) is 36.0 Å². The number of piperazine rings is 1. The fourth-order valence-electron chi connectivity index (χ4n) is 3.20. The Kier molecular flexibility index (Phi) is 6.28. The van der Waals surface area contributed by atoms with Crippen LogP contribution in [-0.4, -0.2) is 68.1 Å². The van der Waals surface area contributed by atoms with Crippen LogP contribution in [0.25, 0.3) is 0 Å². The molecule has 5 nitrogen and oxygen atoms in total. The van der Waals surface area contributed by atoms with Gasteiger partial charge in [0.05, 0.1) is 18.8 Å². The molecule has 1 atom stereocenters. The number of amides is 1. The zero-order valence-corrected chi connectivity index (χ0v) is 14.8. The van der Waals surface area contributed by atoms with Crippen LogP contribution >= 0.6 is 0 Å². The van der Waals surface area contributed by atoms with Gasteiger partial charge in [-0.1, -0.05) is 12.1 Å². The van der Waals surface area contributed by atoms with E-state index < -0.39 is 0 Å². The first-order chi connectivity index (χ1) is 11.1. The van der Waals surface area contributed by atoms with Gasteiger partial charge < -0.3 is 14.5 Å². The van der Waals surface area contributed by atoms with Crippen molar-refractivity contribution in [3.05, 3.63) is 24.3 Å². The van der Waals surface area contributed by atoms with Crippen molar-refractivity contribution in [2.45, 2.75) is 26.8 Å². The molecular weight excluding hydrogens is 290 g/mol. The maximum Gasteiger partial charge on any atom is 0.239 e. The van der Waals surface area contributed by atoms with Crippen molar-refractivity contribution in [3.63, 3.8) is 0 Å². The predicted octanol–water partition coefficient (Wildman–Crippen LogP) is 2.07. The molecule has 128 valence electrons. The van der Waals surface area contributed by atoms with Gasteiger partial charge in [0.15, 0.2) is 0 Å². The fraction of sp³-hybridized carbons (Fsp3) is 0.611. The zero-order valence-electron chi connectivity index (χ0n) is 14.8. The van der Waals surface area contributed by atoms with Gasteiger partial charge in [0.1, 0.15) is 5.75 Å². The first-order valence-electron chi connectivity index (χ1n) is 8.53. The lowest BCUT2D eigenvalue weighted by Gasteiger charge is -2.40. The second kappa shape index (κ2) is 8.20. The number of methoxy groups -OCH3 is 1. The van der Waals surface area contributed by atoms with Gasteiger partial charge in [-0.15, -0.1) is 0 Å². The first-order valence-corrected chi connectivity index (χ1v) is 8.53. The smallest absolute Gasteiger partial charge is 0.239 e. The summed E-state index contributed by atoms with van der Waals surface area (Å²) in [6.07, 6.45) is 0. The Morgan fingerprint density at radius 2 is 1.78 bits per heavy atom. The number of nitrogens with zero attached hydrogens (tertiary/aromatic N) is 3. The van der Waals surface area contributed by atoms with Crippen molar-refractivity contribution < 1.29 is 9.53 Å². The Hall–Kier alpha value is -1.75. The Labute approximate surface area is 139 Å². The number of hydrogen-bond donors (Lipinski definition) is 0. The van der Waals surface area contributed by atoms with E-state index >= 15 is 0 Å². The van der Waals surface area contributed by atoms with Crippen LogP contribution in [0.5, 0.6) is 5.75 Å². The lowest BCUT2D eigenvalue weighted by atomic mass is 10.1. The summed E-state index contributed by atoms with van der Waals surface area (Å²) < 4.78 is 5.46. The van der Waals surface area contributed by atoms with Gasteiger partial charge in [-0.05, 0) is 32.9 Å². The molecule has 1 aliphatic rings. The molecule has 1 amide bonds. The molecule has 2 rings (SSSR count). The first kappa shape index (κ1) is 17.6. The number of hydrogen-bond acceptors (Lipinski definition) is 4. The van der Waals surface area contributed by atoms with E-state index in [2.05, 4.69) is 15.9 Å². The quantitative estimate of drug-likeness (QED) is 0.804. The van der Waals surface area contributed by atoms with Crippen molar-refractivity contribution in [1.82, 2.24) is 9.80 Å². The molecule has 0 aliphatic carbocycles. The highest BCUT2D eigenvalue weighted by molar-refractivity contribution is 5.81. The summed E-state index contributed by atoms with van der Waals surface area (Å²) in [6.45, 7) is 11.3. The van der Waals surface area contributed by atoms with Crippen LogP contribution in [0, 0.1) is 0 Å². The highest BCUT2D eigenvalue weighted by Crippen LogP contribution is 2.28. The standard InChI is InChI=1S/C18H29N3O2/c1-5-19(6-2)18(22)15(3)20-11-13-21(14-12-20)16-9-7-8-10-17(16)23-4/h7-10,15H,5-6,11-14H2,1-4H3/t15-/m0/s1. The van der Waals surface area contributed by atoms with Crippen molar-refractivity contribution in [2.24, 2.45) is 0 Å². The van der Waals surface area contributed by atoms with Crippen molar-refractivity contribution in [2.75, 3.05) is 51.3 Å². The molecule has 23 heavy (non-hydrogen) atoms. The number of likely N-dealkylation sites (N-methyl/N-ethyl adjacent to an activating group) is 1. The molecule has 0 aromatic heterocycles. The monoisotopic (exact) mass is 319 g/mol. The second-order valence-corrected chi connectivity index (χ2v) is 5.88. The van der Waals surface area contributed by atoms with Crippen LogP contribution in [0.1, 0.15) is 20.8 Å². The number of carbonyl (C=O) groups is 1. The number of anilines is 1. The molecule has 5 heteroatoms. The maximum absolute atomic E-state index is 12.5. The van der Waals surface area contributed by atoms with Crippen LogP contribution in [0.4, 0.5) is 5.69 Å². The van der Waals surface area contributed by atoms with Crippen LogP contribution in [-0.2, 0) is 4.79 Å². The molecule has 1 saturated heterocycles. The normalized spacial score (nSPS) is 17.0. The van der Waals surface area contributed by atoms with Crippen molar-refractivity contribution in [1.29, 1.82) is 0 Å². The average Bonchev–Trinajstić information content (AvgIpc) is 2.62. The van der Waals surface area contributed by atoms with Gasteiger partial charge >= 0.3 is 0 Å². The number of rotatable bonds is 6. The zero-order chi connectivity index (χ0) is 16.8. The molecule has 0 bridgehead atoms. The lowest BCUT2D eigenvalue weighted by Crippen LogP contribution is -2.54. The molecule has 0 unspecified atom stereocenters. The van der Waals surface area contributed by atoms with Crippen LogP contribution < -0.4 is 9.64 Å². The van der Waals surface area contributed by atoms with Gasteiger partial charge in [0.25, 0.3) is 0 Å². The number of para-hydroxylation sites is 2. The second-order valence-electron chi connectivity index (χ2n) is 5.88. The molecule has 1 aliphatic heterocycles. The Balaban J connectivity index is 1.97. The van der Waals surface area contributed by atoms with Crippen LogP contribution in [0.15, 0.2) is 24.3 Å². The summed E-state index contributed by atoms with van der Waals surface area (Å²) in [7, 11) is 1.71. The van der Waals surface area contributed by atoms with E-state index in [0.29, 0.717) is 0 Å². The van der Waals surface area contributed by atoms with Gasteiger partial charge in [0.2, 0.25) is 5.91 Å². The number of benzene rings is 1. The highest BCUT2D eigenvalue weighted by atomic mass is 16.5. The summed E-state index contributed by atoms with van der Waals surface area (Å²) in [6, 6.07) is 8.07. The minimum Gasteiger partial charge on any atom is -0.495 e. The SMILES string of the molecule is CCN(CC)C(=O)[C@H](C)N1CCN(c2ccccc2OC)CC1. The van der Waals surface area contributed by atoms with Crippen molar-refractivity contribution >= 4 is 11.6 Å². The van der Waals surface area contributed by atoms with E-state index in [1.807, 2.05) is 43.9 Å². The van der Waals surface area contributed by atoms with Crippen molar-refractivity contribution in [3.8, 4) is 5.75 Å². The summed E-state index contributed by atoms with van der Waals surface area (Å²) >= 11 is 0. The van der Waals surface area contributed by atoms with Gasteiger partial charge in [-0.2, -0.15) is 0 Å². The summed E-state index contributed by atoms with van der Waals surface area (Å²) in [5, 5.41) is 0. The molecule has 0 spiro atoms. The predicted molar refractivity (Wildman–Crippen MR) is 94.2 cm³/mol. The molecule has 1 aromatic rings. The van der Waals surface area contributed by atoms with Gasteiger partial charge in [0, 0.05) is 39.3 Å². The largest absolute Gasteiger partial charge is 0.495 e. The highest BCUT2D eigenvalue weighted by Gasteiger charge is 2.28. The molecule has 0 saturated carbocycles. The Morgan fingerprint density at radius 1 is 1.17 bits per heavy atom. The van der Waals surface area contributed by atoms with Crippen LogP contribution in [0.3, 0.4) is 0 Å². The summed E-state index contributed by atoms with van der Waals surface area (Å²) in [4.78, 5) is 19.0. The molecule has 1 aromatic carbocycles. The number of carbonyl (C=O) groups excluding carboxylic acids is 1. The minimum atomic E-state index is -0.0466. The van der Waals surface area contributed by atoms with E-state index in [-0.39, 0.29) is 11.9 Å². The molecular formula is C18H29N3O2. The molecule has 0 radical (unpaired) electrons. The third-order valence-electron chi connectivity index (χ3n) is 4.72. The summed E-state index contributed by atoms with van der Waals surface area (Å²) in [5.74, 6) is 1.15. The van der Waals surface area contributed by atoms with E-state index in [9.17, 15) is 4.79 Å². The van der Waals surface area contributed by atoms with Gasteiger partial charge in [-0.25, -0.2) is 0 Å². The number of ether oxygens (including phenoxy) is 1. The maximum atomic E-state index is 12.5. The molecule has 1 heterocycles. The third kappa shape index (κ3) is 3.96. The van der Waals surface area contributed by atoms with E-state index in [1.165, 1.54) is 0 Å². The van der Waals surface area contributed by atoms with Crippen LogP contribution in [0.2, 0.25) is 0 Å². The minimum absolute atomic E-state index is 0.0466. The average molecular weight is 319 g/mol. The van der Waals surface area contributed by atoms with E-state index in [1.54, 1.807) is 7.11 Å². The lowest BCUT2D eigenvalue weighted by molar-refractivity contribution is -0.136. The molecule has 0 N–H and O–H groups in total. The third-order valence-corrected chi connectivity index (χ3v) is 4.72. The fourth-order valence-corrected chi connectivity index (χ4v) is 3.20. The van der Waals surface area contributed by atoms with E-state index in [0.717, 1.165) is 50.7 Å².